The van der Waals surface area contributed by atoms with Crippen molar-refractivity contribution in [3.05, 3.63) is 94.8 Å². The minimum atomic E-state index is -3.01. The fraction of sp³-hybridized carbons (Fsp3) is 0.125. The number of rotatable bonds is 8. The molecule has 0 saturated heterocycles. The largest absolute Gasteiger partial charge is 0.433 e. The summed E-state index contributed by atoms with van der Waals surface area (Å²) in [7, 11) is 0. The number of thioether (sulfide) groups is 1. The van der Waals surface area contributed by atoms with Gasteiger partial charge in [0.25, 0.3) is 5.56 Å². The summed E-state index contributed by atoms with van der Waals surface area (Å²) in [4.78, 5) is 30.3. The molecular weight excluding hydrogens is 448 g/mol. The van der Waals surface area contributed by atoms with Crippen LogP contribution in [0.4, 0.5) is 14.5 Å². The SMILES string of the molecule is O=C(CSc1nc2ccccc2c(=O)n1Cc1ccccc1)Nc1ccccc1OC(F)F. The highest BCUT2D eigenvalue weighted by molar-refractivity contribution is 7.99. The van der Waals surface area contributed by atoms with Gasteiger partial charge in [0.05, 0.1) is 28.9 Å². The fourth-order valence-electron chi connectivity index (χ4n) is 3.25. The zero-order chi connectivity index (χ0) is 23.2. The van der Waals surface area contributed by atoms with Crippen molar-refractivity contribution in [1.82, 2.24) is 9.55 Å². The summed E-state index contributed by atoms with van der Waals surface area (Å²) in [5, 5.41) is 3.44. The van der Waals surface area contributed by atoms with E-state index < -0.39 is 12.5 Å². The molecule has 0 bridgehead atoms. The maximum atomic E-state index is 13.2. The lowest BCUT2D eigenvalue weighted by atomic mass is 10.2. The topological polar surface area (TPSA) is 73.2 Å². The Balaban J connectivity index is 1.57. The smallest absolute Gasteiger partial charge is 0.387 e. The number of carbonyl (C=O) groups excluding carboxylic acids is 1. The fourth-order valence-corrected chi connectivity index (χ4v) is 4.05. The molecule has 1 amide bonds. The summed E-state index contributed by atoms with van der Waals surface area (Å²) in [6.45, 7) is -2.71. The average Bonchev–Trinajstić information content (AvgIpc) is 2.81. The molecule has 4 rings (SSSR count). The van der Waals surface area contributed by atoms with Crippen LogP contribution in [0.1, 0.15) is 5.56 Å². The standard InChI is InChI=1S/C24H19F2N3O3S/c25-23(26)32-20-13-7-6-12-19(20)27-21(30)15-33-24-28-18-11-5-4-10-17(18)22(31)29(24)14-16-8-2-1-3-9-16/h1-13,23H,14-15H2,(H,27,30). The number of alkyl halides is 2. The van der Waals surface area contributed by atoms with Gasteiger partial charge in [0.2, 0.25) is 5.91 Å². The first-order valence-electron chi connectivity index (χ1n) is 10.0. The summed E-state index contributed by atoms with van der Waals surface area (Å²) in [6.07, 6.45) is 0. The van der Waals surface area contributed by atoms with E-state index in [1.165, 1.54) is 22.8 Å². The number of carbonyl (C=O) groups is 1. The van der Waals surface area contributed by atoms with Gasteiger partial charge in [0, 0.05) is 0 Å². The van der Waals surface area contributed by atoms with Crippen LogP contribution in [-0.4, -0.2) is 27.8 Å². The second-order valence-corrected chi connectivity index (χ2v) is 7.94. The molecule has 0 spiro atoms. The van der Waals surface area contributed by atoms with E-state index in [0.717, 1.165) is 17.3 Å². The van der Waals surface area contributed by atoms with E-state index in [0.29, 0.717) is 22.6 Å². The summed E-state index contributed by atoms with van der Waals surface area (Å²) in [6, 6.07) is 22.4. The predicted molar refractivity (Wildman–Crippen MR) is 124 cm³/mol. The first-order valence-corrected chi connectivity index (χ1v) is 11.0. The summed E-state index contributed by atoms with van der Waals surface area (Å²) in [5.74, 6) is -0.655. The minimum absolute atomic E-state index is 0.0808. The molecule has 0 radical (unpaired) electrons. The third-order valence-corrected chi connectivity index (χ3v) is 5.70. The van der Waals surface area contributed by atoms with Crippen molar-refractivity contribution in [2.75, 3.05) is 11.1 Å². The first-order chi connectivity index (χ1) is 16.0. The monoisotopic (exact) mass is 467 g/mol. The van der Waals surface area contributed by atoms with Crippen molar-refractivity contribution in [3.8, 4) is 5.75 Å². The van der Waals surface area contributed by atoms with E-state index in [1.54, 1.807) is 30.3 Å². The van der Waals surface area contributed by atoms with Crippen molar-refractivity contribution in [2.24, 2.45) is 0 Å². The molecule has 4 aromatic rings. The Morgan fingerprint density at radius 3 is 2.48 bits per heavy atom. The Bertz CT molecular complexity index is 1330. The van der Waals surface area contributed by atoms with Crippen LogP contribution in [0.2, 0.25) is 0 Å². The number of para-hydroxylation sites is 3. The van der Waals surface area contributed by atoms with Gasteiger partial charge >= 0.3 is 6.61 Å². The Morgan fingerprint density at radius 2 is 1.70 bits per heavy atom. The Hall–Kier alpha value is -3.72. The first kappa shape index (κ1) is 22.5. The molecule has 0 fully saturated rings. The van der Waals surface area contributed by atoms with Crippen LogP contribution in [0, 0.1) is 0 Å². The molecule has 6 nitrogen and oxygen atoms in total. The maximum absolute atomic E-state index is 13.2. The third-order valence-electron chi connectivity index (χ3n) is 4.72. The number of fused-ring (bicyclic) bond motifs is 1. The Labute approximate surface area is 192 Å². The number of nitrogens with zero attached hydrogens (tertiary/aromatic N) is 2. The quantitative estimate of drug-likeness (QED) is 0.298. The Morgan fingerprint density at radius 1 is 1.00 bits per heavy atom. The molecule has 1 N–H and O–H groups in total. The zero-order valence-corrected chi connectivity index (χ0v) is 18.1. The number of halogens is 2. The Kier molecular flexibility index (Phi) is 6.99. The highest BCUT2D eigenvalue weighted by Crippen LogP contribution is 2.26. The molecule has 0 atom stereocenters. The lowest BCUT2D eigenvalue weighted by Gasteiger charge is -2.14. The average molecular weight is 467 g/mol. The molecule has 0 saturated carbocycles. The van der Waals surface area contributed by atoms with Gasteiger partial charge in [-0.1, -0.05) is 66.4 Å². The summed E-state index contributed by atoms with van der Waals surface area (Å²) < 4.78 is 31.2. The molecule has 0 aliphatic rings. The normalized spacial score (nSPS) is 11.0. The van der Waals surface area contributed by atoms with E-state index in [4.69, 9.17) is 0 Å². The number of ether oxygens (including phenoxy) is 1. The van der Waals surface area contributed by atoms with Crippen molar-refractivity contribution in [1.29, 1.82) is 0 Å². The van der Waals surface area contributed by atoms with Crippen LogP contribution in [0.15, 0.2) is 88.8 Å². The molecular formula is C24H19F2N3O3S. The van der Waals surface area contributed by atoms with Gasteiger partial charge < -0.3 is 10.1 Å². The second kappa shape index (κ2) is 10.3. The van der Waals surface area contributed by atoms with E-state index in [9.17, 15) is 18.4 Å². The minimum Gasteiger partial charge on any atom is -0.433 e. The molecule has 0 unspecified atom stereocenters. The zero-order valence-electron chi connectivity index (χ0n) is 17.3. The molecule has 33 heavy (non-hydrogen) atoms. The predicted octanol–water partition coefficient (Wildman–Crippen LogP) is 4.78. The lowest BCUT2D eigenvalue weighted by molar-refractivity contribution is -0.113. The molecule has 0 aliphatic carbocycles. The van der Waals surface area contributed by atoms with E-state index >= 15 is 0 Å². The van der Waals surface area contributed by atoms with Gasteiger partial charge in [-0.15, -0.1) is 0 Å². The highest BCUT2D eigenvalue weighted by Gasteiger charge is 2.15. The number of benzene rings is 3. The van der Waals surface area contributed by atoms with Crippen LogP contribution in [-0.2, 0) is 11.3 Å². The van der Waals surface area contributed by atoms with Crippen molar-refractivity contribution >= 4 is 34.3 Å². The van der Waals surface area contributed by atoms with Crippen molar-refractivity contribution in [2.45, 2.75) is 18.3 Å². The van der Waals surface area contributed by atoms with Crippen molar-refractivity contribution in [3.63, 3.8) is 0 Å². The number of hydrogen-bond acceptors (Lipinski definition) is 5. The van der Waals surface area contributed by atoms with Gasteiger partial charge in [-0.25, -0.2) is 4.98 Å². The molecule has 9 heteroatoms. The third kappa shape index (κ3) is 5.56. The van der Waals surface area contributed by atoms with Gasteiger partial charge in [0.15, 0.2) is 5.16 Å². The van der Waals surface area contributed by atoms with Gasteiger partial charge in [0.1, 0.15) is 5.75 Å². The van der Waals surface area contributed by atoms with Gasteiger partial charge in [-0.05, 0) is 29.8 Å². The van der Waals surface area contributed by atoms with E-state index in [2.05, 4.69) is 15.0 Å². The van der Waals surface area contributed by atoms with E-state index in [-0.39, 0.29) is 22.7 Å². The summed E-state index contributed by atoms with van der Waals surface area (Å²) in [5.41, 5.74) is 1.38. The summed E-state index contributed by atoms with van der Waals surface area (Å²) >= 11 is 1.09. The number of aromatic nitrogens is 2. The van der Waals surface area contributed by atoms with Crippen molar-refractivity contribution < 1.29 is 18.3 Å². The molecule has 1 aromatic heterocycles. The van der Waals surface area contributed by atoms with Crippen LogP contribution in [0.5, 0.6) is 5.75 Å². The number of anilines is 1. The van der Waals surface area contributed by atoms with Gasteiger partial charge in [-0.2, -0.15) is 8.78 Å². The van der Waals surface area contributed by atoms with Crippen LogP contribution in [0.3, 0.4) is 0 Å². The molecule has 3 aromatic carbocycles. The number of amides is 1. The van der Waals surface area contributed by atoms with Crippen LogP contribution < -0.4 is 15.6 Å². The number of hydrogen-bond donors (Lipinski definition) is 1. The lowest BCUT2D eigenvalue weighted by Crippen LogP contribution is -2.25. The van der Waals surface area contributed by atoms with Crippen LogP contribution >= 0.6 is 11.8 Å². The molecule has 168 valence electrons. The van der Waals surface area contributed by atoms with Crippen LogP contribution in [0.25, 0.3) is 10.9 Å². The maximum Gasteiger partial charge on any atom is 0.387 e. The van der Waals surface area contributed by atoms with Gasteiger partial charge in [-0.3, -0.25) is 14.2 Å². The van der Waals surface area contributed by atoms with E-state index in [1.807, 2.05) is 30.3 Å². The number of nitrogens with one attached hydrogen (secondary N) is 1. The molecule has 1 heterocycles. The molecule has 0 aliphatic heterocycles. The highest BCUT2D eigenvalue weighted by atomic mass is 32.2. The second-order valence-electron chi connectivity index (χ2n) is 7.00.